The molecule has 0 aliphatic carbocycles. The SMILES string of the molecule is C[C@@H]1O[C@H](c2ccc([N+](=O)[O-])cc2)OC[C@H]1NC(=O)Cc1ccccc1. The van der Waals surface area contributed by atoms with E-state index < -0.39 is 11.2 Å². The Bertz CT molecular complexity index is 763. The van der Waals surface area contributed by atoms with Crippen molar-refractivity contribution in [3.63, 3.8) is 0 Å². The van der Waals surface area contributed by atoms with Gasteiger partial charge < -0.3 is 14.8 Å². The molecule has 1 N–H and O–H groups in total. The highest BCUT2D eigenvalue weighted by atomic mass is 16.7. The third kappa shape index (κ3) is 4.44. The summed E-state index contributed by atoms with van der Waals surface area (Å²) < 4.78 is 11.5. The number of nitrogens with zero attached hydrogens (tertiary/aromatic N) is 1. The molecule has 0 radical (unpaired) electrons. The summed E-state index contributed by atoms with van der Waals surface area (Å²) in [5.74, 6) is -0.0889. The van der Waals surface area contributed by atoms with Crippen LogP contribution in [0.3, 0.4) is 0 Å². The number of ether oxygens (including phenoxy) is 2. The highest BCUT2D eigenvalue weighted by Gasteiger charge is 2.31. The molecule has 136 valence electrons. The van der Waals surface area contributed by atoms with E-state index in [4.69, 9.17) is 9.47 Å². The standard InChI is InChI=1S/C19H20N2O5/c1-13-17(20-18(22)11-14-5-3-2-4-6-14)12-25-19(26-13)15-7-9-16(10-8-15)21(23)24/h2-10,13,17,19H,11-12H2,1H3,(H,20,22)/t13-,17+,19+/m0/s1. The van der Waals surface area contributed by atoms with Crippen LogP contribution >= 0.6 is 0 Å². The smallest absolute Gasteiger partial charge is 0.269 e. The number of carbonyl (C=O) groups excluding carboxylic acids is 1. The largest absolute Gasteiger partial charge is 0.348 e. The number of amides is 1. The van der Waals surface area contributed by atoms with E-state index in [0.29, 0.717) is 18.6 Å². The first-order valence-corrected chi connectivity index (χ1v) is 8.37. The summed E-state index contributed by atoms with van der Waals surface area (Å²) in [4.78, 5) is 22.5. The lowest BCUT2D eigenvalue weighted by atomic mass is 10.1. The van der Waals surface area contributed by atoms with Crippen LogP contribution in [-0.2, 0) is 20.7 Å². The molecule has 1 saturated heterocycles. The van der Waals surface area contributed by atoms with Crippen LogP contribution in [0.4, 0.5) is 5.69 Å². The maximum absolute atomic E-state index is 12.2. The van der Waals surface area contributed by atoms with Gasteiger partial charge in [0.25, 0.3) is 5.69 Å². The van der Waals surface area contributed by atoms with Gasteiger partial charge in [0.2, 0.25) is 5.91 Å². The van der Waals surface area contributed by atoms with Gasteiger partial charge in [0.1, 0.15) is 0 Å². The van der Waals surface area contributed by atoms with Gasteiger partial charge in [0.05, 0.1) is 30.1 Å². The fourth-order valence-electron chi connectivity index (χ4n) is 2.78. The first-order chi connectivity index (χ1) is 12.5. The summed E-state index contributed by atoms with van der Waals surface area (Å²) in [7, 11) is 0. The van der Waals surface area contributed by atoms with Crippen LogP contribution in [0.2, 0.25) is 0 Å². The second-order valence-electron chi connectivity index (χ2n) is 6.19. The quantitative estimate of drug-likeness (QED) is 0.657. The Labute approximate surface area is 151 Å². The van der Waals surface area contributed by atoms with Crippen molar-refractivity contribution in [3.8, 4) is 0 Å². The van der Waals surface area contributed by atoms with Crippen LogP contribution in [0.15, 0.2) is 54.6 Å². The van der Waals surface area contributed by atoms with Crippen molar-refractivity contribution in [2.24, 2.45) is 0 Å². The fourth-order valence-corrected chi connectivity index (χ4v) is 2.78. The summed E-state index contributed by atoms with van der Waals surface area (Å²) >= 11 is 0. The minimum absolute atomic E-state index is 0.0173. The van der Waals surface area contributed by atoms with Crippen LogP contribution in [-0.4, -0.2) is 29.6 Å². The Kier molecular flexibility index (Phi) is 5.60. The van der Waals surface area contributed by atoms with Crippen molar-refractivity contribution >= 4 is 11.6 Å². The third-order valence-corrected chi connectivity index (χ3v) is 4.26. The van der Waals surface area contributed by atoms with Crippen LogP contribution in [0.1, 0.15) is 24.3 Å². The van der Waals surface area contributed by atoms with E-state index in [1.165, 1.54) is 12.1 Å². The summed E-state index contributed by atoms with van der Waals surface area (Å²) in [5, 5.41) is 13.7. The lowest BCUT2D eigenvalue weighted by Gasteiger charge is -2.35. The van der Waals surface area contributed by atoms with Gasteiger partial charge in [-0.1, -0.05) is 30.3 Å². The second kappa shape index (κ2) is 8.07. The Balaban J connectivity index is 1.54. The normalized spacial score (nSPS) is 22.6. The number of nitrogens with one attached hydrogen (secondary N) is 1. The molecule has 7 heteroatoms. The molecule has 3 rings (SSSR count). The van der Waals surface area contributed by atoms with E-state index in [0.717, 1.165) is 5.56 Å². The molecule has 0 spiro atoms. The molecule has 0 unspecified atom stereocenters. The molecule has 3 atom stereocenters. The Morgan fingerprint density at radius 2 is 1.88 bits per heavy atom. The first-order valence-electron chi connectivity index (χ1n) is 8.37. The molecule has 1 fully saturated rings. The van der Waals surface area contributed by atoms with Gasteiger partial charge in [-0.15, -0.1) is 0 Å². The van der Waals surface area contributed by atoms with Gasteiger partial charge in [-0.2, -0.15) is 0 Å². The molecule has 1 amide bonds. The second-order valence-corrected chi connectivity index (χ2v) is 6.19. The summed E-state index contributed by atoms with van der Waals surface area (Å²) in [5.41, 5.74) is 1.67. The Morgan fingerprint density at radius 1 is 1.19 bits per heavy atom. The lowest BCUT2D eigenvalue weighted by molar-refractivity contribution is -0.384. The van der Waals surface area contributed by atoms with E-state index in [1.54, 1.807) is 12.1 Å². The molecule has 0 aromatic heterocycles. The van der Waals surface area contributed by atoms with Crippen molar-refractivity contribution in [1.82, 2.24) is 5.32 Å². The number of benzene rings is 2. The zero-order valence-corrected chi connectivity index (χ0v) is 14.3. The number of non-ortho nitro benzene ring substituents is 1. The van der Waals surface area contributed by atoms with Crippen molar-refractivity contribution in [2.75, 3.05) is 6.61 Å². The van der Waals surface area contributed by atoms with Gasteiger partial charge in [-0.05, 0) is 24.6 Å². The summed E-state index contributed by atoms with van der Waals surface area (Å²) in [6, 6.07) is 15.3. The predicted octanol–water partition coefficient (Wildman–Crippen LogP) is 2.76. The number of nitro benzene ring substituents is 1. The monoisotopic (exact) mass is 356 g/mol. The van der Waals surface area contributed by atoms with Crippen LogP contribution in [0.5, 0.6) is 0 Å². The van der Waals surface area contributed by atoms with E-state index in [1.807, 2.05) is 37.3 Å². The zero-order chi connectivity index (χ0) is 18.5. The molecule has 1 heterocycles. The van der Waals surface area contributed by atoms with E-state index in [9.17, 15) is 14.9 Å². The van der Waals surface area contributed by atoms with Crippen molar-refractivity contribution in [2.45, 2.75) is 31.8 Å². The number of hydrogen-bond donors (Lipinski definition) is 1. The molecule has 1 aliphatic rings. The highest BCUT2D eigenvalue weighted by Crippen LogP contribution is 2.27. The van der Waals surface area contributed by atoms with Crippen LogP contribution < -0.4 is 5.32 Å². The van der Waals surface area contributed by atoms with Gasteiger partial charge in [-0.3, -0.25) is 14.9 Å². The fraction of sp³-hybridized carbons (Fsp3) is 0.316. The van der Waals surface area contributed by atoms with Crippen LogP contribution in [0, 0.1) is 10.1 Å². The lowest BCUT2D eigenvalue weighted by Crippen LogP contribution is -2.50. The van der Waals surface area contributed by atoms with Crippen molar-refractivity contribution in [1.29, 1.82) is 0 Å². The topological polar surface area (TPSA) is 90.7 Å². The molecule has 2 aromatic rings. The Hall–Kier alpha value is -2.77. The zero-order valence-electron chi connectivity index (χ0n) is 14.3. The van der Waals surface area contributed by atoms with Gasteiger partial charge in [0.15, 0.2) is 6.29 Å². The molecular weight excluding hydrogens is 336 g/mol. The molecular formula is C19H20N2O5. The minimum Gasteiger partial charge on any atom is -0.348 e. The third-order valence-electron chi connectivity index (χ3n) is 4.26. The number of carbonyl (C=O) groups is 1. The van der Waals surface area contributed by atoms with Gasteiger partial charge >= 0.3 is 0 Å². The van der Waals surface area contributed by atoms with Crippen molar-refractivity contribution < 1.29 is 19.2 Å². The molecule has 26 heavy (non-hydrogen) atoms. The maximum Gasteiger partial charge on any atom is 0.269 e. The molecule has 7 nitrogen and oxygen atoms in total. The number of rotatable bonds is 5. The summed E-state index contributed by atoms with van der Waals surface area (Å²) in [6.45, 7) is 2.18. The van der Waals surface area contributed by atoms with Crippen LogP contribution in [0.25, 0.3) is 0 Å². The molecule has 0 saturated carbocycles. The number of nitro groups is 1. The van der Waals surface area contributed by atoms with E-state index in [2.05, 4.69) is 5.32 Å². The summed E-state index contributed by atoms with van der Waals surface area (Å²) in [6.07, 6.45) is -0.549. The van der Waals surface area contributed by atoms with Gasteiger partial charge in [-0.25, -0.2) is 0 Å². The first kappa shape index (κ1) is 18.0. The molecule has 1 aliphatic heterocycles. The molecule has 0 bridgehead atoms. The Morgan fingerprint density at radius 3 is 2.50 bits per heavy atom. The minimum atomic E-state index is -0.604. The van der Waals surface area contributed by atoms with E-state index >= 15 is 0 Å². The highest BCUT2D eigenvalue weighted by molar-refractivity contribution is 5.78. The average molecular weight is 356 g/mol. The average Bonchev–Trinajstić information content (AvgIpc) is 2.64. The predicted molar refractivity (Wildman–Crippen MR) is 94.4 cm³/mol. The van der Waals surface area contributed by atoms with Gasteiger partial charge in [0, 0.05) is 17.7 Å². The number of hydrogen-bond acceptors (Lipinski definition) is 5. The van der Waals surface area contributed by atoms with Crippen molar-refractivity contribution in [3.05, 3.63) is 75.8 Å². The maximum atomic E-state index is 12.2. The molecule has 2 aromatic carbocycles. The van der Waals surface area contributed by atoms with E-state index in [-0.39, 0.29) is 23.7 Å².